The Morgan fingerprint density at radius 2 is 1.77 bits per heavy atom. The van der Waals surface area contributed by atoms with Crippen molar-refractivity contribution in [2.45, 2.75) is 78.0 Å². The number of benzene rings is 1. The smallest absolute Gasteiger partial charge is 0.428 e. The van der Waals surface area contributed by atoms with Crippen molar-refractivity contribution in [3.05, 3.63) is 47.7 Å². The lowest BCUT2D eigenvalue weighted by atomic mass is 10.0. The number of halogens is 5. The van der Waals surface area contributed by atoms with E-state index in [4.69, 9.17) is 9.53 Å². The van der Waals surface area contributed by atoms with Gasteiger partial charge in [0.25, 0.3) is 12.4 Å². The van der Waals surface area contributed by atoms with Crippen LogP contribution in [0.3, 0.4) is 0 Å². The van der Waals surface area contributed by atoms with Crippen LogP contribution in [0, 0.1) is 11.7 Å². The first-order valence-corrected chi connectivity index (χ1v) is 15.9. The van der Waals surface area contributed by atoms with Gasteiger partial charge in [-0.1, -0.05) is 39.5 Å². The molecule has 1 aromatic carbocycles. The Morgan fingerprint density at radius 3 is 2.28 bits per heavy atom. The number of fused-ring (bicyclic) bond motifs is 1. The number of aromatic nitrogens is 2. The first-order valence-electron chi connectivity index (χ1n) is 14.3. The molecule has 2 heterocycles. The number of ether oxygens (including phenoxy) is 3. The second-order valence-electron chi connectivity index (χ2n) is 9.92. The van der Waals surface area contributed by atoms with E-state index in [1.165, 1.54) is 31.0 Å². The molecule has 11 nitrogen and oxygen atoms in total. The maximum atomic E-state index is 14.9. The Balaban J connectivity index is 0.00000126. The molecule has 47 heavy (non-hydrogen) atoms. The van der Waals surface area contributed by atoms with Crippen LogP contribution in [0.15, 0.2) is 35.6 Å². The second-order valence-corrected chi connectivity index (χ2v) is 11.6. The Kier molecular flexibility index (Phi) is 16.9. The van der Waals surface area contributed by atoms with Crippen LogP contribution < -0.4 is 10.1 Å². The molecule has 0 radical (unpaired) electrons. The summed E-state index contributed by atoms with van der Waals surface area (Å²) in [5.74, 6) is -1.83. The van der Waals surface area contributed by atoms with Gasteiger partial charge >= 0.3 is 12.3 Å². The number of anilines is 1. The molecule has 1 saturated carbocycles. The predicted molar refractivity (Wildman–Crippen MR) is 170 cm³/mol. The van der Waals surface area contributed by atoms with Crippen LogP contribution >= 0.6 is 24.1 Å². The highest BCUT2D eigenvalue weighted by Crippen LogP contribution is 2.56. The van der Waals surface area contributed by atoms with Crippen LogP contribution in [-0.4, -0.2) is 68.7 Å². The van der Waals surface area contributed by atoms with Crippen molar-refractivity contribution in [2.24, 2.45) is 10.9 Å². The van der Waals surface area contributed by atoms with Gasteiger partial charge in [0.15, 0.2) is 24.1 Å². The van der Waals surface area contributed by atoms with Crippen LogP contribution in [0.5, 0.6) is 5.88 Å². The fourth-order valence-corrected chi connectivity index (χ4v) is 5.26. The largest absolute Gasteiger partial charge is 0.471 e. The molecule has 2 aliphatic rings. The van der Waals surface area contributed by atoms with Crippen LogP contribution in [-0.2, 0) is 14.3 Å². The number of carbonyl (C=O) groups excluding carboxylic acids is 3. The molecule has 3 unspecified atom stereocenters. The predicted octanol–water partition coefficient (Wildman–Crippen LogP) is 7.95. The van der Waals surface area contributed by atoms with E-state index in [1.807, 2.05) is 27.7 Å². The first-order chi connectivity index (χ1) is 22.2. The fraction of sp³-hybridized carbons (Fsp3) is 0.517. The molecule has 2 amide bonds. The fourth-order valence-electron chi connectivity index (χ4n) is 3.58. The van der Waals surface area contributed by atoms with Crippen LogP contribution in [0.25, 0.3) is 0 Å². The summed E-state index contributed by atoms with van der Waals surface area (Å²) in [6.07, 6.45) is -3.03. The van der Waals surface area contributed by atoms with Crippen LogP contribution in [0.1, 0.15) is 77.0 Å². The molecule has 1 fully saturated rings. The number of carbonyl (C=O) groups is 3. The average molecular weight is 712 g/mol. The quantitative estimate of drug-likeness (QED) is 0.171. The van der Waals surface area contributed by atoms with Crippen molar-refractivity contribution in [1.29, 1.82) is 0 Å². The zero-order chi connectivity index (χ0) is 35.9. The van der Waals surface area contributed by atoms with Crippen molar-refractivity contribution in [1.82, 2.24) is 14.3 Å². The lowest BCUT2D eigenvalue weighted by molar-refractivity contribution is -0.154. The molecule has 3 atom stereocenters. The summed E-state index contributed by atoms with van der Waals surface area (Å²) in [6.45, 7) is 11.7. The third-order valence-electron chi connectivity index (χ3n) is 5.41. The summed E-state index contributed by atoms with van der Waals surface area (Å²) in [5.41, 5.74) is -0.768. The molecule has 2 aromatic rings. The molecule has 1 N–H and O–H groups in total. The summed E-state index contributed by atoms with van der Waals surface area (Å²) in [7, 11) is 1.31. The van der Waals surface area contributed by atoms with Crippen molar-refractivity contribution in [3.8, 4) is 5.88 Å². The number of hydrogen-bond donors (Lipinski definition) is 1. The molecule has 0 spiro atoms. The number of amides is 2. The monoisotopic (exact) mass is 711 g/mol. The zero-order valence-electron chi connectivity index (χ0n) is 27.1. The van der Waals surface area contributed by atoms with E-state index in [9.17, 15) is 31.0 Å². The lowest BCUT2D eigenvalue weighted by Gasteiger charge is -2.27. The number of alkyl halides is 3. The van der Waals surface area contributed by atoms with Gasteiger partial charge in [-0.15, -0.1) is 3.89 Å². The van der Waals surface area contributed by atoms with Crippen molar-refractivity contribution >= 4 is 53.4 Å². The standard InChI is InChI=1S/C23H22F5N5O4S2.C2H4O2.2C2H6/c1-22(2,3)37-21(35)33(39-28)20-32-18(13-7-16(13)38-20)12-6-11(4-5-14(12)24)31-19(34)15-8-30-17(9-29-15)36-10-23(25,26)27;1-4-2-3;2*1-2/h4-6,8-9,13,16,18H,7,10H2,1-3H3,(H,31,34);2H,1H3;2*1-2H3. The molecular weight excluding hydrogens is 673 g/mol. The molecule has 262 valence electrons. The SMILES string of the molecule is CC.CC.CC(C)(C)OC(=O)N(SF)C1=NC(c2cc(NC(=O)c3cnc(OCC(F)(F)F)cn3)ccc2F)C2CC2S1.COC=O. The number of rotatable bonds is 7. The second kappa shape index (κ2) is 19.2. The molecule has 18 heteroatoms. The van der Waals surface area contributed by atoms with Gasteiger partial charge in [-0.05, 0) is 51.3 Å². The Morgan fingerprint density at radius 1 is 1.13 bits per heavy atom. The minimum absolute atomic E-state index is 0.00872. The summed E-state index contributed by atoms with van der Waals surface area (Å²) < 4.78 is 79.7. The van der Waals surface area contributed by atoms with E-state index in [2.05, 4.69) is 29.8 Å². The Bertz CT molecular complexity index is 1350. The minimum atomic E-state index is -4.56. The Hall–Kier alpha value is -3.67. The molecular formula is C29H38F5N5O6S2. The third-order valence-corrected chi connectivity index (χ3v) is 7.33. The molecule has 1 aromatic heterocycles. The lowest BCUT2D eigenvalue weighted by Crippen LogP contribution is -2.36. The maximum Gasteiger partial charge on any atom is 0.428 e. The van der Waals surface area contributed by atoms with Gasteiger partial charge in [0.1, 0.15) is 17.1 Å². The van der Waals surface area contributed by atoms with Gasteiger partial charge in [-0.25, -0.2) is 19.2 Å². The van der Waals surface area contributed by atoms with Crippen LogP contribution in [0.2, 0.25) is 0 Å². The van der Waals surface area contributed by atoms with Crippen LogP contribution in [0.4, 0.5) is 31.9 Å². The van der Waals surface area contributed by atoms with Gasteiger partial charge in [-0.3, -0.25) is 14.6 Å². The number of hydrogen-bond acceptors (Lipinski definition) is 11. The molecule has 1 aliphatic carbocycles. The number of aliphatic imine (C=N–C) groups is 1. The summed E-state index contributed by atoms with van der Waals surface area (Å²) in [6, 6.07) is 3.07. The van der Waals surface area contributed by atoms with E-state index in [0.717, 1.165) is 18.5 Å². The van der Waals surface area contributed by atoms with Gasteiger partial charge in [0.05, 0.1) is 25.5 Å². The Labute approximate surface area is 278 Å². The van der Waals surface area contributed by atoms with E-state index in [1.54, 1.807) is 20.8 Å². The molecule has 4 rings (SSSR count). The topological polar surface area (TPSA) is 132 Å². The summed E-state index contributed by atoms with van der Waals surface area (Å²) >= 11 is 0.844. The highest BCUT2D eigenvalue weighted by molar-refractivity contribution is 8.15. The van der Waals surface area contributed by atoms with Gasteiger partial charge in [-0.2, -0.15) is 17.5 Å². The van der Waals surface area contributed by atoms with Gasteiger partial charge in [0, 0.05) is 16.5 Å². The van der Waals surface area contributed by atoms with E-state index in [-0.39, 0.29) is 45.6 Å². The summed E-state index contributed by atoms with van der Waals surface area (Å²) in [5, 5.41) is 2.56. The molecule has 0 bridgehead atoms. The maximum absolute atomic E-state index is 14.9. The average Bonchev–Trinajstić information content (AvgIpc) is 3.82. The number of methoxy groups -OCH3 is 1. The highest BCUT2D eigenvalue weighted by Gasteiger charge is 2.50. The van der Waals surface area contributed by atoms with E-state index >= 15 is 0 Å². The van der Waals surface area contributed by atoms with Crippen molar-refractivity contribution in [2.75, 3.05) is 19.0 Å². The first kappa shape index (κ1) is 41.4. The third kappa shape index (κ3) is 13.5. The molecule has 1 aliphatic heterocycles. The van der Waals surface area contributed by atoms with E-state index < -0.39 is 48.1 Å². The minimum Gasteiger partial charge on any atom is -0.471 e. The number of nitrogens with zero attached hydrogens (tertiary/aromatic N) is 4. The number of nitrogens with one attached hydrogen (secondary N) is 1. The molecule has 0 saturated heterocycles. The summed E-state index contributed by atoms with van der Waals surface area (Å²) in [4.78, 5) is 45.9. The normalized spacial score (nSPS) is 17.6. The number of thioether (sulfide) groups is 1. The van der Waals surface area contributed by atoms with Crippen molar-refractivity contribution in [3.63, 3.8) is 0 Å². The van der Waals surface area contributed by atoms with Gasteiger partial charge < -0.3 is 19.5 Å². The van der Waals surface area contributed by atoms with Gasteiger partial charge in [0.2, 0.25) is 5.88 Å². The zero-order valence-corrected chi connectivity index (χ0v) is 28.7. The number of amidine groups is 1. The highest BCUT2D eigenvalue weighted by atomic mass is 32.2. The van der Waals surface area contributed by atoms with Crippen molar-refractivity contribution < 1.29 is 50.0 Å². The van der Waals surface area contributed by atoms with E-state index in [0.29, 0.717) is 17.2 Å².